The maximum Gasteiger partial charge on any atom is 0.337 e. The van der Waals surface area contributed by atoms with Crippen LogP contribution < -0.4 is 0 Å². The van der Waals surface area contributed by atoms with Gasteiger partial charge in [0.25, 0.3) is 0 Å². The molecule has 0 atom stereocenters. The van der Waals surface area contributed by atoms with Gasteiger partial charge in [0.2, 0.25) is 0 Å². The number of hydrogen-bond acceptors (Lipinski definition) is 1. The summed E-state index contributed by atoms with van der Waals surface area (Å²) in [5.74, 6) is 1.05. The van der Waals surface area contributed by atoms with E-state index < -0.39 is 0 Å². The fraction of sp³-hybridized carbons (Fsp3) is 0.278. The van der Waals surface area contributed by atoms with E-state index in [-0.39, 0.29) is 5.41 Å². The average molecular weight is 266 g/mol. The number of hydrogen-bond donors (Lipinski definition) is 0. The molecule has 0 saturated carbocycles. The lowest BCUT2D eigenvalue weighted by Gasteiger charge is -2.26. The standard InChI is InChI=1S/C18H20NO/c1-19(2)17-13-18(14-20-17,15-9-5-3-6-10-15)16-11-7-4-8-12-16/h3-12H,13-14H2,1-2H3/q+1. The molecule has 20 heavy (non-hydrogen) atoms. The van der Waals surface area contributed by atoms with Gasteiger partial charge in [-0.15, -0.1) is 0 Å². The molecule has 0 N–H and O–H groups in total. The van der Waals surface area contributed by atoms with E-state index in [2.05, 4.69) is 65.2 Å². The summed E-state index contributed by atoms with van der Waals surface area (Å²) in [6.07, 6.45) is 0.911. The molecule has 0 aromatic heterocycles. The molecule has 0 radical (unpaired) electrons. The van der Waals surface area contributed by atoms with Crippen molar-refractivity contribution >= 4 is 5.90 Å². The summed E-state index contributed by atoms with van der Waals surface area (Å²) in [6.45, 7) is 0.703. The molecule has 0 aliphatic carbocycles. The van der Waals surface area contributed by atoms with Crippen LogP contribution in [-0.2, 0) is 10.2 Å². The van der Waals surface area contributed by atoms with Crippen LogP contribution >= 0.6 is 0 Å². The second-order valence-electron chi connectivity index (χ2n) is 5.57. The molecular weight excluding hydrogens is 246 g/mol. The van der Waals surface area contributed by atoms with Crippen LogP contribution in [0.2, 0.25) is 0 Å². The van der Waals surface area contributed by atoms with Gasteiger partial charge in [-0.2, -0.15) is 0 Å². The number of nitrogens with zero attached hydrogens (tertiary/aromatic N) is 1. The lowest BCUT2D eigenvalue weighted by molar-refractivity contribution is -0.474. The van der Waals surface area contributed by atoms with Crippen molar-refractivity contribution in [2.24, 2.45) is 0 Å². The van der Waals surface area contributed by atoms with Crippen molar-refractivity contribution in [1.82, 2.24) is 0 Å². The molecule has 2 aromatic rings. The molecule has 2 aromatic carbocycles. The van der Waals surface area contributed by atoms with Gasteiger partial charge >= 0.3 is 5.90 Å². The molecule has 0 amide bonds. The monoisotopic (exact) mass is 266 g/mol. The molecular formula is C18H20NO+. The van der Waals surface area contributed by atoms with E-state index >= 15 is 0 Å². The topological polar surface area (TPSA) is 12.2 Å². The highest BCUT2D eigenvalue weighted by molar-refractivity contribution is 5.77. The van der Waals surface area contributed by atoms with E-state index in [4.69, 9.17) is 4.74 Å². The average Bonchev–Trinajstić information content (AvgIpc) is 2.96. The summed E-state index contributed by atoms with van der Waals surface area (Å²) in [5.41, 5.74) is 2.58. The van der Waals surface area contributed by atoms with Gasteiger partial charge in [-0.05, 0) is 11.1 Å². The first-order chi connectivity index (χ1) is 9.72. The molecule has 3 rings (SSSR count). The summed E-state index contributed by atoms with van der Waals surface area (Å²) in [7, 11) is 4.09. The van der Waals surface area contributed by atoms with Crippen LogP contribution in [0, 0.1) is 0 Å². The van der Waals surface area contributed by atoms with Crippen molar-refractivity contribution in [3.05, 3.63) is 71.8 Å². The Hall–Kier alpha value is -2.09. The minimum Gasteiger partial charge on any atom is -0.447 e. The Kier molecular flexibility index (Phi) is 3.31. The second kappa shape index (κ2) is 5.12. The molecule has 2 heteroatoms. The largest absolute Gasteiger partial charge is 0.447 e. The van der Waals surface area contributed by atoms with Crippen molar-refractivity contribution < 1.29 is 9.31 Å². The Bertz CT molecular complexity index is 573. The zero-order chi connectivity index (χ0) is 14.0. The quantitative estimate of drug-likeness (QED) is 0.761. The highest BCUT2D eigenvalue weighted by Gasteiger charge is 2.45. The molecule has 1 fully saturated rings. The third kappa shape index (κ3) is 2.11. The van der Waals surface area contributed by atoms with Gasteiger partial charge in [0.1, 0.15) is 20.7 Å². The predicted octanol–water partition coefficient (Wildman–Crippen LogP) is 3.06. The van der Waals surface area contributed by atoms with Gasteiger partial charge in [-0.3, -0.25) is 0 Å². The Labute approximate surface area is 120 Å². The molecule has 1 heterocycles. The smallest absolute Gasteiger partial charge is 0.337 e. The highest BCUT2D eigenvalue weighted by atomic mass is 16.5. The van der Waals surface area contributed by atoms with Crippen LogP contribution in [0.3, 0.4) is 0 Å². The first-order valence-electron chi connectivity index (χ1n) is 6.99. The van der Waals surface area contributed by atoms with Gasteiger partial charge in [0.05, 0.1) is 11.8 Å². The number of ether oxygens (including phenoxy) is 1. The minimum atomic E-state index is -0.0673. The van der Waals surface area contributed by atoms with Crippen molar-refractivity contribution in [1.29, 1.82) is 0 Å². The SMILES string of the molecule is C[N+](C)=C1CC(c2ccccc2)(c2ccccc2)CO1. The Morgan fingerprint density at radius 1 is 0.850 bits per heavy atom. The molecule has 2 nitrogen and oxygen atoms in total. The van der Waals surface area contributed by atoms with Crippen molar-refractivity contribution in [2.75, 3.05) is 20.7 Å². The number of rotatable bonds is 2. The van der Waals surface area contributed by atoms with Crippen LogP contribution in [0.4, 0.5) is 0 Å². The molecule has 1 aliphatic heterocycles. The molecule has 1 aliphatic rings. The zero-order valence-electron chi connectivity index (χ0n) is 12.0. The lowest BCUT2D eigenvalue weighted by atomic mass is 9.74. The molecule has 102 valence electrons. The van der Waals surface area contributed by atoms with E-state index in [1.165, 1.54) is 11.1 Å². The Morgan fingerprint density at radius 3 is 1.75 bits per heavy atom. The third-order valence-electron chi connectivity index (χ3n) is 4.09. The summed E-state index contributed by atoms with van der Waals surface area (Å²) >= 11 is 0. The van der Waals surface area contributed by atoms with E-state index in [9.17, 15) is 0 Å². The third-order valence-corrected chi connectivity index (χ3v) is 4.09. The Balaban J connectivity index is 2.13. The number of benzene rings is 2. The fourth-order valence-electron chi connectivity index (χ4n) is 2.91. The molecule has 0 spiro atoms. The van der Waals surface area contributed by atoms with Gasteiger partial charge in [-0.25, -0.2) is 4.58 Å². The van der Waals surface area contributed by atoms with Crippen LogP contribution in [0.5, 0.6) is 0 Å². The van der Waals surface area contributed by atoms with Crippen LogP contribution in [0.1, 0.15) is 17.5 Å². The highest BCUT2D eigenvalue weighted by Crippen LogP contribution is 2.40. The summed E-state index contributed by atoms with van der Waals surface area (Å²) in [6, 6.07) is 21.4. The van der Waals surface area contributed by atoms with E-state index in [0.29, 0.717) is 6.61 Å². The molecule has 0 unspecified atom stereocenters. The molecule has 1 saturated heterocycles. The minimum absolute atomic E-state index is 0.0673. The van der Waals surface area contributed by atoms with E-state index in [1.54, 1.807) is 0 Å². The molecule has 0 bridgehead atoms. The zero-order valence-corrected chi connectivity index (χ0v) is 12.0. The Morgan fingerprint density at radius 2 is 1.35 bits per heavy atom. The van der Waals surface area contributed by atoms with Crippen LogP contribution in [0.15, 0.2) is 60.7 Å². The van der Waals surface area contributed by atoms with E-state index in [0.717, 1.165) is 12.3 Å². The van der Waals surface area contributed by atoms with Crippen molar-refractivity contribution in [3.63, 3.8) is 0 Å². The van der Waals surface area contributed by atoms with Gasteiger partial charge in [0.15, 0.2) is 0 Å². The van der Waals surface area contributed by atoms with Crippen molar-refractivity contribution in [2.45, 2.75) is 11.8 Å². The first kappa shape index (κ1) is 12.9. The van der Waals surface area contributed by atoms with Gasteiger partial charge < -0.3 is 4.74 Å². The van der Waals surface area contributed by atoms with Crippen LogP contribution in [0.25, 0.3) is 0 Å². The predicted molar refractivity (Wildman–Crippen MR) is 81.3 cm³/mol. The van der Waals surface area contributed by atoms with Crippen LogP contribution in [-0.4, -0.2) is 31.2 Å². The summed E-state index contributed by atoms with van der Waals surface area (Å²) < 4.78 is 8.06. The van der Waals surface area contributed by atoms with Gasteiger partial charge in [-0.1, -0.05) is 60.7 Å². The maximum absolute atomic E-state index is 5.98. The maximum atomic E-state index is 5.98. The van der Waals surface area contributed by atoms with Crippen molar-refractivity contribution in [3.8, 4) is 0 Å². The summed E-state index contributed by atoms with van der Waals surface area (Å²) in [4.78, 5) is 0. The van der Waals surface area contributed by atoms with E-state index in [1.807, 2.05) is 14.1 Å². The van der Waals surface area contributed by atoms with Gasteiger partial charge in [0, 0.05) is 0 Å². The fourth-order valence-corrected chi connectivity index (χ4v) is 2.91. The second-order valence-corrected chi connectivity index (χ2v) is 5.57. The lowest BCUT2D eigenvalue weighted by Crippen LogP contribution is -2.28. The normalized spacial score (nSPS) is 16.8. The summed E-state index contributed by atoms with van der Waals surface area (Å²) in [5, 5.41) is 0. The first-order valence-corrected chi connectivity index (χ1v) is 6.99.